The SMILES string of the molecule is CCCCCc1cc(O)c([C@@H]2C[C@H](C)CC[C@H]2C(C)C)c(OCCOc2cc(CCCCC)cc(O)c2[C@@H]2C[C@H](C)CC[C@H]2C(C)C)c1. The second-order valence-corrected chi connectivity index (χ2v) is 16.5. The highest BCUT2D eigenvalue weighted by Crippen LogP contribution is 2.51. The van der Waals surface area contributed by atoms with Crippen molar-refractivity contribution < 1.29 is 19.7 Å². The maximum atomic E-state index is 11.6. The number of unbranched alkanes of at least 4 members (excludes halogenated alkanes) is 4. The molecular weight excluding hydrogens is 592 g/mol. The third-order valence-electron chi connectivity index (χ3n) is 11.9. The summed E-state index contributed by atoms with van der Waals surface area (Å²) in [7, 11) is 0. The molecule has 48 heavy (non-hydrogen) atoms. The molecule has 4 rings (SSSR count). The number of hydrogen-bond acceptors (Lipinski definition) is 4. The molecule has 2 N–H and O–H groups in total. The second-order valence-electron chi connectivity index (χ2n) is 16.5. The Morgan fingerprint density at radius 2 is 1.00 bits per heavy atom. The van der Waals surface area contributed by atoms with Crippen LogP contribution in [0.3, 0.4) is 0 Å². The zero-order valence-electron chi connectivity index (χ0n) is 32.0. The van der Waals surface area contributed by atoms with E-state index in [0.717, 1.165) is 72.3 Å². The minimum atomic E-state index is 0.291. The van der Waals surface area contributed by atoms with Crippen LogP contribution in [0.25, 0.3) is 0 Å². The maximum absolute atomic E-state index is 11.6. The Morgan fingerprint density at radius 1 is 0.604 bits per heavy atom. The van der Waals surface area contributed by atoms with Gasteiger partial charge in [-0.25, -0.2) is 0 Å². The first-order valence-electron chi connectivity index (χ1n) is 20.0. The Bertz CT molecular complexity index is 1170. The van der Waals surface area contributed by atoms with E-state index < -0.39 is 0 Å². The van der Waals surface area contributed by atoms with Crippen molar-refractivity contribution in [3.8, 4) is 23.0 Å². The molecule has 0 spiro atoms. The number of aromatic hydroxyl groups is 2. The molecule has 2 saturated carbocycles. The third-order valence-corrected chi connectivity index (χ3v) is 11.9. The molecule has 2 aromatic carbocycles. The van der Waals surface area contributed by atoms with Crippen LogP contribution >= 0.6 is 0 Å². The summed E-state index contributed by atoms with van der Waals surface area (Å²) in [4.78, 5) is 0. The second kappa shape index (κ2) is 18.6. The number of rotatable bonds is 17. The number of benzene rings is 2. The molecule has 0 saturated heterocycles. The predicted octanol–water partition coefficient (Wildman–Crippen LogP) is 12.4. The Hall–Kier alpha value is -2.36. The zero-order chi connectivity index (χ0) is 34.8. The first-order chi connectivity index (χ1) is 23.0. The van der Waals surface area contributed by atoms with Crippen molar-refractivity contribution in [2.75, 3.05) is 13.2 Å². The quantitative estimate of drug-likeness (QED) is 0.166. The van der Waals surface area contributed by atoms with Gasteiger partial charge in [-0.3, -0.25) is 0 Å². The van der Waals surface area contributed by atoms with Gasteiger partial charge in [0.2, 0.25) is 0 Å². The Labute approximate surface area is 294 Å². The van der Waals surface area contributed by atoms with Gasteiger partial charge >= 0.3 is 0 Å². The summed E-state index contributed by atoms with van der Waals surface area (Å²) >= 11 is 0. The monoisotopic (exact) mass is 663 g/mol. The van der Waals surface area contributed by atoms with E-state index in [1.54, 1.807) is 0 Å². The van der Waals surface area contributed by atoms with Crippen molar-refractivity contribution in [1.82, 2.24) is 0 Å². The molecule has 270 valence electrons. The van der Waals surface area contributed by atoms with E-state index in [9.17, 15) is 10.2 Å². The van der Waals surface area contributed by atoms with Crippen molar-refractivity contribution in [2.45, 2.75) is 157 Å². The highest BCUT2D eigenvalue weighted by atomic mass is 16.5. The van der Waals surface area contributed by atoms with Gasteiger partial charge in [0.25, 0.3) is 0 Å². The van der Waals surface area contributed by atoms with E-state index in [0.29, 0.717) is 72.1 Å². The molecule has 4 nitrogen and oxygen atoms in total. The lowest BCUT2D eigenvalue weighted by molar-refractivity contribution is 0.176. The number of phenols is 2. The van der Waals surface area contributed by atoms with Gasteiger partial charge in [-0.15, -0.1) is 0 Å². The summed E-state index contributed by atoms with van der Waals surface area (Å²) in [5, 5.41) is 23.2. The first kappa shape index (κ1) is 38.4. The normalized spacial score (nSPS) is 24.7. The van der Waals surface area contributed by atoms with Gasteiger partial charge in [0.15, 0.2) is 0 Å². The van der Waals surface area contributed by atoms with Gasteiger partial charge in [-0.1, -0.05) is 93.9 Å². The van der Waals surface area contributed by atoms with Crippen molar-refractivity contribution in [3.63, 3.8) is 0 Å². The Morgan fingerprint density at radius 3 is 1.35 bits per heavy atom. The molecule has 0 unspecified atom stereocenters. The summed E-state index contributed by atoms with van der Waals surface area (Å²) in [5.74, 6) is 6.51. The Balaban J connectivity index is 1.61. The number of phenolic OH excluding ortho intramolecular Hbond substituents is 2. The van der Waals surface area contributed by atoms with Crippen LogP contribution in [0.4, 0.5) is 0 Å². The molecule has 0 bridgehead atoms. The summed E-state index contributed by atoms with van der Waals surface area (Å²) in [6.45, 7) is 19.3. The minimum absolute atomic E-state index is 0.291. The molecule has 0 aromatic heterocycles. The lowest BCUT2D eigenvalue weighted by Gasteiger charge is -2.39. The van der Waals surface area contributed by atoms with Gasteiger partial charge < -0.3 is 19.7 Å². The van der Waals surface area contributed by atoms with Crippen LogP contribution in [-0.4, -0.2) is 23.4 Å². The summed E-state index contributed by atoms with van der Waals surface area (Å²) < 4.78 is 13.3. The summed E-state index contributed by atoms with van der Waals surface area (Å²) in [6, 6.07) is 8.45. The number of aryl methyl sites for hydroxylation is 2. The summed E-state index contributed by atoms with van der Waals surface area (Å²) in [5.41, 5.74) is 4.32. The lowest BCUT2D eigenvalue weighted by atomic mass is 9.67. The molecule has 2 aliphatic carbocycles. The van der Waals surface area contributed by atoms with Crippen LogP contribution in [-0.2, 0) is 12.8 Å². The molecule has 0 radical (unpaired) electrons. The van der Waals surface area contributed by atoms with Gasteiger partial charge in [-0.2, -0.15) is 0 Å². The van der Waals surface area contributed by atoms with Gasteiger partial charge in [0, 0.05) is 11.1 Å². The molecule has 6 atom stereocenters. The minimum Gasteiger partial charge on any atom is -0.508 e. The molecule has 2 aromatic rings. The summed E-state index contributed by atoms with van der Waals surface area (Å²) in [6.07, 6.45) is 15.9. The van der Waals surface area contributed by atoms with Crippen molar-refractivity contribution in [2.24, 2.45) is 35.5 Å². The van der Waals surface area contributed by atoms with E-state index >= 15 is 0 Å². The van der Waals surface area contributed by atoms with Crippen LogP contribution in [0.1, 0.15) is 167 Å². The molecule has 0 amide bonds. The van der Waals surface area contributed by atoms with Crippen LogP contribution < -0.4 is 9.47 Å². The first-order valence-corrected chi connectivity index (χ1v) is 20.0. The number of hydrogen-bond donors (Lipinski definition) is 2. The Kier molecular flexibility index (Phi) is 14.9. The van der Waals surface area contributed by atoms with Gasteiger partial charge in [-0.05, 0) is 134 Å². The number of ether oxygens (including phenoxy) is 2. The standard InChI is InChI=1S/C44H70O4/c1-9-11-13-15-33-25-39(45)43(37-23-31(7)17-19-35(37)29(3)4)41(27-33)47-21-22-48-42-28-34(16-14-12-10-2)26-40(46)44(42)38-24-32(8)18-20-36(38)30(5)6/h25-32,35-38,45-46H,9-24H2,1-8H3/t31-,32-,35+,36+,37-,38-/m1/s1. The fourth-order valence-corrected chi connectivity index (χ4v) is 9.14. The molecule has 2 aliphatic rings. The van der Waals surface area contributed by atoms with Gasteiger partial charge in [0.1, 0.15) is 36.2 Å². The van der Waals surface area contributed by atoms with Crippen molar-refractivity contribution >= 4 is 0 Å². The molecule has 2 fully saturated rings. The van der Waals surface area contributed by atoms with Crippen LogP contribution in [0.15, 0.2) is 24.3 Å². The fourth-order valence-electron chi connectivity index (χ4n) is 9.14. The molecule has 0 aliphatic heterocycles. The van der Waals surface area contributed by atoms with Crippen LogP contribution in [0, 0.1) is 35.5 Å². The maximum Gasteiger partial charge on any atom is 0.126 e. The average molecular weight is 663 g/mol. The van der Waals surface area contributed by atoms with Crippen molar-refractivity contribution in [3.05, 3.63) is 46.5 Å². The zero-order valence-corrected chi connectivity index (χ0v) is 32.0. The van der Waals surface area contributed by atoms with Crippen molar-refractivity contribution in [1.29, 1.82) is 0 Å². The fraction of sp³-hybridized carbons (Fsp3) is 0.727. The van der Waals surface area contributed by atoms with Crippen LogP contribution in [0.5, 0.6) is 23.0 Å². The van der Waals surface area contributed by atoms with Gasteiger partial charge in [0.05, 0.1) is 0 Å². The van der Waals surface area contributed by atoms with Crippen LogP contribution in [0.2, 0.25) is 0 Å². The highest BCUT2D eigenvalue weighted by Gasteiger charge is 2.37. The molecule has 4 heteroatoms. The molecular formula is C44H70O4. The molecule has 0 heterocycles. The topological polar surface area (TPSA) is 58.9 Å². The predicted molar refractivity (Wildman–Crippen MR) is 202 cm³/mol. The van der Waals surface area contributed by atoms with E-state index in [-0.39, 0.29) is 0 Å². The van der Waals surface area contributed by atoms with E-state index in [4.69, 9.17) is 9.47 Å². The smallest absolute Gasteiger partial charge is 0.126 e. The lowest BCUT2D eigenvalue weighted by Crippen LogP contribution is -2.27. The third kappa shape index (κ3) is 10.1. The largest absolute Gasteiger partial charge is 0.508 e. The highest BCUT2D eigenvalue weighted by molar-refractivity contribution is 5.51. The van der Waals surface area contributed by atoms with E-state index in [1.807, 2.05) is 12.1 Å². The van der Waals surface area contributed by atoms with E-state index in [1.165, 1.54) is 51.4 Å². The average Bonchev–Trinajstić information content (AvgIpc) is 3.02. The van der Waals surface area contributed by atoms with E-state index in [2.05, 4.69) is 67.5 Å².